The molecular weight excluding hydrogens is 248 g/mol. The van der Waals surface area contributed by atoms with Crippen LogP contribution in [0, 0.1) is 6.92 Å². The van der Waals surface area contributed by atoms with Gasteiger partial charge in [0.25, 0.3) is 5.56 Å². The Labute approximate surface area is 115 Å². The number of benzene rings is 2. The molecule has 2 heterocycles. The standard InChI is InChI=1S/C17H14N2O/c1-11-6-5-7-12-10-15-17(20)18(2)13-8-3-4-9-14(13)19(15)16(11)12/h3-10H,1-2H3. The third kappa shape index (κ3) is 1.27. The molecule has 0 saturated heterocycles. The molecule has 0 saturated carbocycles. The van der Waals surface area contributed by atoms with E-state index >= 15 is 0 Å². The Balaban J connectivity index is 2.48. The number of hydrogen-bond donors (Lipinski definition) is 0. The molecule has 0 atom stereocenters. The summed E-state index contributed by atoms with van der Waals surface area (Å²) >= 11 is 0. The van der Waals surface area contributed by atoms with E-state index in [1.54, 1.807) is 4.57 Å². The van der Waals surface area contributed by atoms with Gasteiger partial charge < -0.3 is 8.97 Å². The molecule has 0 radical (unpaired) electrons. The second kappa shape index (κ2) is 3.73. The van der Waals surface area contributed by atoms with Gasteiger partial charge in [-0.05, 0) is 30.7 Å². The van der Waals surface area contributed by atoms with Gasteiger partial charge in [-0.2, -0.15) is 0 Å². The summed E-state index contributed by atoms with van der Waals surface area (Å²) in [6.07, 6.45) is 0. The van der Waals surface area contributed by atoms with Crippen LogP contribution in [0.4, 0.5) is 0 Å². The van der Waals surface area contributed by atoms with E-state index in [1.807, 2.05) is 37.4 Å². The molecule has 0 aliphatic heterocycles. The highest BCUT2D eigenvalue weighted by Crippen LogP contribution is 2.25. The van der Waals surface area contributed by atoms with E-state index in [-0.39, 0.29) is 5.56 Å². The van der Waals surface area contributed by atoms with Gasteiger partial charge >= 0.3 is 0 Å². The summed E-state index contributed by atoms with van der Waals surface area (Å²) in [5, 5.41) is 1.11. The van der Waals surface area contributed by atoms with Crippen LogP contribution in [0.2, 0.25) is 0 Å². The van der Waals surface area contributed by atoms with Crippen LogP contribution < -0.4 is 5.56 Å². The lowest BCUT2D eigenvalue weighted by Gasteiger charge is -2.09. The summed E-state index contributed by atoms with van der Waals surface area (Å²) < 4.78 is 3.81. The van der Waals surface area contributed by atoms with Gasteiger partial charge in [0.2, 0.25) is 0 Å². The summed E-state index contributed by atoms with van der Waals surface area (Å²) in [5.41, 5.74) is 5.09. The number of aryl methyl sites for hydroxylation is 2. The summed E-state index contributed by atoms with van der Waals surface area (Å²) in [7, 11) is 1.83. The maximum absolute atomic E-state index is 12.6. The van der Waals surface area contributed by atoms with Gasteiger partial charge in [-0.3, -0.25) is 4.79 Å². The van der Waals surface area contributed by atoms with Crippen LogP contribution in [0.1, 0.15) is 5.56 Å². The van der Waals surface area contributed by atoms with Gasteiger partial charge in [-0.15, -0.1) is 0 Å². The van der Waals surface area contributed by atoms with E-state index in [0.717, 1.165) is 27.5 Å². The van der Waals surface area contributed by atoms with Crippen molar-refractivity contribution >= 4 is 27.5 Å². The van der Waals surface area contributed by atoms with Crippen molar-refractivity contribution in [2.45, 2.75) is 6.92 Å². The van der Waals surface area contributed by atoms with Crippen molar-refractivity contribution in [1.29, 1.82) is 0 Å². The first-order valence-electron chi connectivity index (χ1n) is 6.67. The number of hydrogen-bond acceptors (Lipinski definition) is 1. The minimum absolute atomic E-state index is 0.0410. The molecule has 0 amide bonds. The predicted octanol–water partition coefficient (Wildman–Crippen LogP) is 3.25. The fraction of sp³-hybridized carbons (Fsp3) is 0.118. The first-order valence-corrected chi connectivity index (χ1v) is 6.67. The SMILES string of the molecule is Cc1cccc2cc3c(=O)n(C)c4ccccc4n3c12. The van der Waals surface area contributed by atoms with E-state index in [9.17, 15) is 4.79 Å². The first-order chi connectivity index (χ1) is 9.68. The van der Waals surface area contributed by atoms with Crippen LogP contribution in [-0.4, -0.2) is 8.97 Å². The average Bonchev–Trinajstić information content (AvgIpc) is 2.86. The van der Waals surface area contributed by atoms with Crippen LogP contribution in [-0.2, 0) is 7.05 Å². The first kappa shape index (κ1) is 11.3. The number of nitrogens with zero attached hydrogens (tertiary/aromatic N) is 2. The Bertz CT molecular complexity index is 1040. The molecule has 0 bridgehead atoms. The molecule has 3 heteroatoms. The second-order valence-corrected chi connectivity index (χ2v) is 5.23. The molecule has 98 valence electrons. The van der Waals surface area contributed by atoms with E-state index in [0.29, 0.717) is 0 Å². The van der Waals surface area contributed by atoms with Crippen molar-refractivity contribution in [2.75, 3.05) is 0 Å². The minimum Gasteiger partial charge on any atom is -0.308 e. The molecule has 20 heavy (non-hydrogen) atoms. The lowest BCUT2D eigenvalue weighted by atomic mass is 10.2. The molecule has 2 aromatic carbocycles. The lowest BCUT2D eigenvalue weighted by Crippen LogP contribution is -2.19. The molecule has 0 fully saturated rings. The van der Waals surface area contributed by atoms with Crippen LogP contribution in [0.25, 0.3) is 27.5 Å². The maximum Gasteiger partial charge on any atom is 0.275 e. The topological polar surface area (TPSA) is 26.4 Å². The predicted molar refractivity (Wildman–Crippen MR) is 82.4 cm³/mol. The lowest BCUT2D eigenvalue weighted by molar-refractivity contribution is 0.902. The van der Waals surface area contributed by atoms with Crippen LogP contribution >= 0.6 is 0 Å². The van der Waals surface area contributed by atoms with Crippen molar-refractivity contribution < 1.29 is 0 Å². The van der Waals surface area contributed by atoms with E-state index in [2.05, 4.69) is 29.5 Å². The molecule has 4 aromatic rings. The average molecular weight is 262 g/mol. The Hall–Kier alpha value is -2.55. The molecule has 0 aliphatic rings. The Morgan fingerprint density at radius 1 is 0.900 bits per heavy atom. The zero-order chi connectivity index (χ0) is 13.9. The Morgan fingerprint density at radius 2 is 1.65 bits per heavy atom. The van der Waals surface area contributed by atoms with Crippen LogP contribution in [0.15, 0.2) is 53.3 Å². The zero-order valence-corrected chi connectivity index (χ0v) is 11.4. The van der Waals surface area contributed by atoms with Crippen molar-refractivity contribution in [2.24, 2.45) is 7.05 Å². The largest absolute Gasteiger partial charge is 0.308 e. The van der Waals surface area contributed by atoms with Gasteiger partial charge in [-0.25, -0.2) is 0 Å². The molecule has 0 unspecified atom stereocenters. The van der Waals surface area contributed by atoms with E-state index in [1.165, 1.54) is 5.56 Å². The highest BCUT2D eigenvalue weighted by Gasteiger charge is 2.12. The summed E-state index contributed by atoms with van der Waals surface area (Å²) in [6.45, 7) is 2.08. The van der Waals surface area contributed by atoms with Gasteiger partial charge in [0, 0.05) is 12.4 Å². The zero-order valence-electron chi connectivity index (χ0n) is 11.4. The fourth-order valence-electron chi connectivity index (χ4n) is 3.06. The molecule has 0 aliphatic carbocycles. The normalized spacial score (nSPS) is 11.7. The third-order valence-corrected chi connectivity index (χ3v) is 4.03. The van der Waals surface area contributed by atoms with Crippen molar-refractivity contribution in [3.63, 3.8) is 0 Å². The van der Waals surface area contributed by atoms with Crippen molar-refractivity contribution in [1.82, 2.24) is 8.97 Å². The molecule has 0 N–H and O–H groups in total. The number of fused-ring (bicyclic) bond motifs is 5. The van der Waals surface area contributed by atoms with Gasteiger partial charge in [0.15, 0.2) is 0 Å². The van der Waals surface area contributed by atoms with Gasteiger partial charge in [0.1, 0.15) is 5.52 Å². The molecule has 4 rings (SSSR count). The number of aromatic nitrogens is 2. The highest BCUT2D eigenvalue weighted by atomic mass is 16.1. The van der Waals surface area contributed by atoms with Crippen molar-refractivity contribution in [3.05, 3.63) is 64.4 Å². The van der Waals surface area contributed by atoms with Crippen LogP contribution in [0.5, 0.6) is 0 Å². The molecule has 2 aromatic heterocycles. The Kier molecular flexibility index (Phi) is 2.11. The van der Waals surface area contributed by atoms with E-state index in [4.69, 9.17) is 0 Å². The third-order valence-electron chi connectivity index (χ3n) is 4.03. The summed E-state index contributed by atoms with van der Waals surface area (Å²) in [4.78, 5) is 12.6. The van der Waals surface area contributed by atoms with E-state index < -0.39 is 0 Å². The second-order valence-electron chi connectivity index (χ2n) is 5.23. The van der Waals surface area contributed by atoms with Crippen molar-refractivity contribution in [3.8, 4) is 0 Å². The van der Waals surface area contributed by atoms with Gasteiger partial charge in [0.05, 0.1) is 16.6 Å². The summed E-state index contributed by atoms with van der Waals surface area (Å²) in [6, 6.07) is 16.2. The summed E-state index contributed by atoms with van der Waals surface area (Å²) in [5.74, 6) is 0. The smallest absolute Gasteiger partial charge is 0.275 e. The number of para-hydroxylation sites is 3. The molecular formula is C17H14N2O. The fourth-order valence-corrected chi connectivity index (χ4v) is 3.06. The highest BCUT2D eigenvalue weighted by molar-refractivity contribution is 5.94. The van der Waals surface area contributed by atoms with Crippen LogP contribution in [0.3, 0.4) is 0 Å². The Morgan fingerprint density at radius 3 is 2.45 bits per heavy atom. The maximum atomic E-state index is 12.6. The monoisotopic (exact) mass is 262 g/mol. The molecule has 0 spiro atoms. The quantitative estimate of drug-likeness (QED) is 0.478. The molecule has 3 nitrogen and oxygen atoms in total. The number of rotatable bonds is 0. The van der Waals surface area contributed by atoms with Gasteiger partial charge in [-0.1, -0.05) is 30.3 Å². The minimum atomic E-state index is 0.0410.